The van der Waals surface area contributed by atoms with Gasteiger partial charge in [-0.1, -0.05) is 0 Å². The van der Waals surface area contributed by atoms with Crippen LogP contribution in [0.15, 0.2) is 0 Å². The Morgan fingerprint density at radius 1 is 1.50 bits per heavy atom. The Hall–Kier alpha value is -0.220. The highest BCUT2D eigenvalue weighted by molar-refractivity contribution is 7.99. The van der Waals surface area contributed by atoms with Crippen LogP contribution in [0.5, 0.6) is 0 Å². The second-order valence-electron chi connectivity index (χ2n) is 4.03. The van der Waals surface area contributed by atoms with Crippen molar-refractivity contribution in [3.63, 3.8) is 0 Å². The van der Waals surface area contributed by atoms with Gasteiger partial charge in [0.05, 0.1) is 11.4 Å². The standard InChI is InChI=1S/C10H18N2OS/c1-8-10(13)12(6-5-11-8)9-4-2-3-7-14-9/h8-9,11H,2-7H2,1H3. The van der Waals surface area contributed by atoms with Crippen molar-refractivity contribution in [2.45, 2.75) is 37.6 Å². The van der Waals surface area contributed by atoms with Crippen LogP contribution in [0.3, 0.4) is 0 Å². The number of carbonyl (C=O) groups is 1. The molecule has 1 amide bonds. The van der Waals surface area contributed by atoms with Crippen LogP contribution in [0.2, 0.25) is 0 Å². The lowest BCUT2D eigenvalue weighted by molar-refractivity contribution is -0.136. The normalized spacial score (nSPS) is 34.6. The number of amides is 1. The van der Waals surface area contributed by atoms with E-state index in [0.717, 1.165) is 13.1 Å². The summed E-state index contributed by atoms with van der Waals surface area (Å²) in [5.41, 5.74) is 0. The molecule has 4 heteroatoms. The zero-order chi connectivity index (χ0) is 9.97. The molecule has 0 aliphatic carbocycles. The minimum atomic E-state index is 0.0197. The smallest absolute Gasteiger partial charge is 0.240 e. The Bertz CT molecular complexity index is 216. The summed E-state index contributed by atoms with van der Waals surface area (Å²) in [4.78, 5) is 13.9. The summed E-state index contributed by atoms with van der Waals surface area (Å²) >= 11 is 1.95. The van der Waals surface area contributed by atoms with Crippen LogP contribution < -0.4 is 5.32 Å². The molecule has 3 nitrogen and oxygen atoms in total. The fraction of sp³-hybridized carbons (Fsp3) is 0.900. The molecule has 0 aromatic heterocycles. The lowest BCUT2D eigenvalue weighted by Crippen LogP contribution is -2.56. The highest BCUT2D eigenvalue weighted by Gasteiger charge is 2.31. The SMILES string of the molecule is CC1NCCN(C2CCCCS2)C1=O. The second kappa shape index (κ2) is 4.53. The molecule has 0 aromatic rings. The Morgan fingerprint density at radius 3 is 3.07 bits per heavy atom. The number of thioether (sulfide) groups is 1. The van der Waals surface area contributed by atoms with Crippen LogP contribution in [-0.2, 0) is 4.79 Å². The maximum Gasteiger partial charge on any atom is 0.240 e. The van der Waals surface area contributed by atoms with Crippen molar-refractivity contribution in [2.75, 3.05) is 18.8 Å². The van der Waals surface area contributed by atoms with Crippen LogP contribution in [0.25, 0.3) is 0 Å². The van der Waals surface area contributed by atoms with E-state index in [-0.39, 0.29) is 11.9 Å². The quantitative estimate of drug-likeness (QED) is 0.708. The van der Waals surface area contributed by atoms with Gasteiger partial charge in [0.25, 0.3) is 0 Å². The van der Waals surface area contributed by atoms with Gasteiger partial charge >= 0.3 is 0 Å². The predicted molar refractivity (Wildman–Crippen MR) is 59.3 cm³/mol. The topological polar surface area (TPSA) is 32.3 Å². The molecule has 14 heavy (non-hydrogen) atoms. The largest absolute Gasteiger partial charge is 0.328 e. The summed E-state index contributed by atoms with van der Waals surface area (Å²) in [5, 5.41) is 3.66. The molecular weight excluding hydrogens is 196 g/mol. The first-order valence-corrected chi connectivity index (χ1v) is 6.49. The first-order valence-electron chi connectivity index (χ1n) is 5.44. The number of hydrogen-bond acceptors (Lipinski definition) is 3. The molecule has 0 saturated carbocycles. The molecule has 2 saturated heterocycles. The van der Waals surface area contributed by atoms with Crippen molar-refractivity contribution in [1.29, 1.82) is 0 Å². The van der Waals surface area contributed by atoms with Crippen molar-refractivity contribution < 1.29 is 4.79 Å². The highest BCUT2D eigenvalue weighted by atomic mass is 32.2. The number of piperazine rings is 1. The van der Waals surface area contributed by atoms with Gasteiger partial charge in [-0.25, -0.2) is 0 Å². The lowest BCUT2D eigenvalue weighted by atomic mass is 10.2. The molecule has 2 fully saturated rings. The minimum absolute atomic E-state index is 0.0197. The number of carbonyl (C=O) groups excluding carboxylic acids is 1. The van der Waals surface area contributed by atoms with Gasteiger partial charge < -0.3 is 10.2 Å². The molecular formula is C10H18N2OS. The van der Waals surface area contributed by atoms with Crippen LogP contribution in [0, 0.1) is 0 Å². The molecule has 2 aliphatic heterocycles. The van der Waals surface area contributed by atoms with Crippen molar-refractivity contribution >= 4 is 17.7 Å². The van der Waals surface area contributed by atoms with Gasteiger partial charge in [0.1, 0.15) is 0 Å². The number of hydrogen-bond donors (Lipinski definition) is 1. The third-order valence-electron chi connectivity index (χ3n) is 2.96. The summed E-state index contributed by atoms with van der Waals surface area (Å²) < 4.78 is 0. The lowest BCUT2D eigenvalue weighted by Gasteiger charge is -2.38. The molecule has 1 N–H and O–H groups in total. The van der Waals surface area contributed by atoms with Crippen LogP contribution in [0.4, 0.5) is 0 Å². The van der Waals surface area contributed by atoms with E-state index < -0.39 is 0 Å². The zero-order valence-electron chi connectivity index (χ0n) is 8.66. The van der Waals surface area contributed by atoms with Gasteiger partial charge in [-0.3, -0.25) is 4.79 Å². The highest BCUT2D eigenvalue weighted by Crippen LogP contribution is 2.28. The molecule has 2 unspecified atom stereocenters. The van der Waals surface area contributed by atoms with E-state index in [2.05, 4.69) is 10.2 Å². The van der Waals surface area contributed by atoms with Gasteiger partial charge in [0.2, 0.25) is 5.91 Å². The average Bonchev–Trinajstić information content (AvgIpc) is 2.23. The van der Waals surface area contributed by atoms with Crippen molar-refractivity contribution in [3.05, 3.63) is 0 Å². The molecule has 0 spiro atoms. The van der Waals surface area contributed by atoms with E-state index >= 15 is 0 Å². The monoisotopic (exact) mass is 214 g/mol. The fourth-order valence-electron chi connectivity index (χ4n) is 2.10. The van der Waals surface area contributed by atoms with E-state index in [4.69, 9.17) is 0 Å². The molecule has 2 rings (SSSR count). The van der Waals surface area contributed by atoms with Gasteiger partial charge in [-0.15, -0.1) is 11.8 Å². The van der Waals surface area contributed by atoms with E-state index in [1.54, 1.807) is 0 Å². The van der Waals surface area contributed by atoms with Crippen molar-refractivity contribution in [2.24, 2.45) is 0 Å². The van der Waals surface area contributed by atoms with Crippen LogP contribution >= 0.6 is 11.8 Å². The Labute approximate surface area is 89.6 Å². The third kappa shape index (κ3) is 2.06. The summed E-state index contributed by atoms with van der Waals surface area (Å²) in [6, 6.07) is 0.0197. The predicted octanol–water partition coefficient (Wildman–Crippen LogP) is 1.05. The van der Waals surface area contributed by atoms with Gasteiger partial charge in [-0.2, -0.15) is 0 Å². The van der Waals surface area contributed by atoms with E-state index in [1.807, 2.05) is 18.7 Å². The molecule has 0 aromatic carbocycles. The number of nitrogens with zero attached hydrogens (tertiary/aromatic N) is 1. The summed E-state index contributed by atoms with van der Waals surface area (Å²) in [6.07, 6.45) is 3.78. The number of nitrogens with one attached hydrogen (secondary N) is 1. The summed E-state index contributed by atoms with van der Waals surface area (Å²) in [5.74, 6) is 1.51. The van der Waals surface area contributed by atoms with Gasteiger partial charge in [-0.05, 0) is 31.9 Å². The van der Waals surface area contributed by atoms with Crippen LogP contribution in [0.1, 0.15) is 26.2 Å². The molecule has 0 bridgehead atoms. The van der Waals surface area contributed by atoms with Crippen LogP contribution in [-0.4, -0.2) is 41.1 Å². The van der Waals surface area contributed by atoms with Crippen molar-refractivity contribution in [3.8, 4) is 0 Å². The first kappa shape index (κ1) is 10.3. The number of rotatable bonds is 1. The first-order chi connectivity index (χ1) is 6.79. The summed E-state index contributed by atoms with van der Waals surface area (Å²) in [6.45, 7) is 3.80. The molecule has 2 aliphatic rings. The van der Waals surface area contributed by atoms with Gasteiger partial charge in [0, 0.05) is 13.1 Å². The minimum Gasteiger partial charge on any atom is -0.328 e. The Kier molecular flexibility index (Phi) is 3.34. The second-order valence-corrected chi connectivity index (χ2v) is 5.31. The summed E-state index contributed by atoms with van der Waals surface area (Å²) in [7, 11) is 0. The maximum absolute atomic E-state index is 11.9. The average molecular weight is 214 g/mol. The van der Waals surface area contributed by atoms with Crippen molar-refractivity contribution in [1.82, 2.24) is 10.2 Å². The zero-order valence-corrected chi connectivity index (χ0v) is 9.48. The molecule has 2 atom stereocenters. The molecule has 2 heterocycles. The Morgan fingerprint density at radius 2 is 2.36 bits per heavy atom. The Balaban J connectivity index is 1.97. The van der Waals surface area contributed by atoms with E-state index in [1.165, 1.54) is 25.0 Å². The van der Waals surface area contributed by atoms with Gasteiger partial charge in [0.15, 0.2) is 0 Å². The van der Waals surface area contributed by atoms with E-state index in [0.29, 0.717) is 5.37 Å². The maximum atomic E-state index is 11.9. The third-order valence-corrected chi connectivity index (χ3v) is 4.36. The fourth-order valence-corrected chi connectivity index (χ4v) is 3.47. The van der Waals surface area contributed by atoms with E-state index in [9.17, 15) is 4.79 Å². The molecule has 80 valence electrons. The molecule has 0 radical (unpaired) electrons.